The molecule has 0 aliphatic carbocycles. The Labute approximate surface area is 186 Å². The number of nitrogens with zero attached hydrogens (tertiary/aromatic N) is 1. The Kier molecular flexibility index (Phi) is 6.89. The molecule has 0 atom stereocenters. The molecule has 1 aliphatic rings. The Morgan fingerprint density at radius 3 is 2.32 bits per heavy atom. The molecule has 0 saturated carbocycles. The fraction of sp³-hybridized carbons (Fsp3) is 0.333. The predicted octanol–water partition coefficient (Wildman–Crippen LogP) is 3.88. The van der Waals surface area contributed by atoms with Crippen molar-refractivity contribution in [2.24, 2.45) is 5.92 Å². The lowest BCUT2D eigenvalue weighted by atomic mass is 9.98. The van der Waals surface area contributed by atoms with E-state index in [2.05, 4.69) is 15.5 Å². The van der Waals surface area contributed by atoms with E-state index in [1.807, 2.05) is 30.3 Å². The van der Waals surface area contributed by atoms with Gasteiger partial charge in [0.25, 0.3) is 10.9 Å². The summed E-state index contributed by atoms with van der Waals surface area (Å²) in [6, 6.07) is 16.9. The fourth-order valence-corrected chi connectivity index (χ4v) is 3.93. The number of benzene rings is 2. The number of likely N-dealkylation sites (tertiary alicyclic amines) is 1. The van der Waals surface area contributed by atoms with Crippen LogP contribution in [-0.4, -0.2) is 37.7 Å². The Hall–Kier alpha value is -2.83. The van der Waals surface area contributed by atoms with E-state index in [1.165, 1.54) is 0 Å². The molecule has 1 aliphatic heterocycles. The van der Waals surface area contributed by atoms with Crippen LogP contribution in [0.2, 0.25) is 5.02 Å². The van der Waals surface area contributed by atoms with E-state index in [4.69, 9.17) is 16.3 Å². The maximum absolute atomic E-state index is 12.0. The minimum atomic E-state index is -0.489. The normalized spacial score (nSPS) is 15.1. The molecule has 0 spiro atoms. The molecule has 1 heterocycles. The molecule has 1 saturated heterocycles. The smallest absolute Gasteiger partial charge is 0.253 e. The van der Waals surface area contributed by atoms with Crippen LogP contribution in [0.4, 0.5) is 17.1 Å². The van der Waals surface area contributed by atoms with Crippen molar-refractivity contribution in [2.75, 3.05) is 43.4 Å². The number of ether oxygens (including phenoxy) is 1. The number of para-hydroxylation sites is 1. The summed E-state index contributed by atoms with van der Waals surface area (Å²) < 4.78 is 5.88. The molecule has 1 fully saturated rings. The van der Waals surface area contributed by atoms with Crippen LogP contribution in [0.3, 0.4) is 0 Å². The van der Waals surface area contributed by atoms with Gasteiger partial charge in [0.15, 0.2) is 0 Å². The van der Waals surface area contributed by atoms with E-state index < -0.39 is 10.9 Å². The molecule has 31 heavy (non-hydrogen) atoms. The van der Waals surface area contributed by atoms with Gasteiger partial charge >= 0.3 is 0 Å². The van der Waals surface area contributed by atoms with E-state index in [0.29, 0.717) is 28.9 Å². The van der Waals surface area contributed by atoms with Gasteiger partial charge in [-0.15, -0.1) is 0 Å². The van der Waals surface area contributed by atoms with E-state index in [0.717, 1.165) is 50.5 Å². The van der Waals surface area contributed by atoms with Crippen LogP contribution < -0.4 is 26.2 Å². The maximum Gasteiger partial charge on any atom is 0.253 e. The molecule has 0 unspecified atom stereocenters. The number of anilines is 3. The summed E-state index contributed by atoms with van der Waals surface area (Å²) in [7, 11) is 0. The molecule has 162 valence electrons. The van der Waals surface area contributed by atoms with Crippen LogP contribution in [0.5, 0.6) is 5.75 Å². The topological polar surface area (TPSA) is 70.7 Å². The molecule has 4 rings (SSSR count). The van der Waals surface area contributed by atoms with E-state index in [-0.39, 0.29) is 0 Å². The van der Waals surface area contributed by atoms with Crippen molar-refractivity contribution in [3.8, 4) is 5.75 Å². The van der Waals surface area contributed by atoms with Crippen LogP contribution in [0.25, 0.3) is 0 Å². The summed E-state index contributed by atoms with van der Waals surface area (Å²) in [6.45, 7) is 4.20. The van der Waals surface area contributed by atoms with Crippen molar-refractivity contribution in [3.05, 3.63) is 80.1 Å². The molecule has 3 aromatic carbocycles. The van der Waals surface area contributed by atoms with Crippen molar-refractivity contribution in [1.29, 1.82) is 0 Å². The minimum absolute atomic E-state index is 0.323. The number of hydrogen-bond acceptors (Lipinski definition) is 6. The van der Waals surface area contributed by atoms with Gasteiger partial charge in [-0.25, -0.2) is 0 Å². The minimum Gasteiger partial charge on any atom is -0.493 e. The van der Waals surface area contributed by atoms with Crippen molar-refractivity contribution in [1.82, 2.24) is 4.90 Å². The Bertz CT molecular complexity index is 1050. The van der Waals surface area contributed by atoms with E-state index in [9.17, 15) is 9.59 Å². The lowest BCUT2D eigenvalue weighted by Gasteiger charge is -2.32. The molecule has 7 heteroatoms. The summed E-state index contributed by atoms with van der Waals surface area (Å²) in [6.07, 6.45) is 2.19. The first-order chi connectivity index (χ1) is 15.1. The van der Waals surface area contributed by atoms with E-state index in [1.54, 1.807) is 24.3 Å². The van der Waals surface area contributed by atoms with Gasteiger partial charge in [-0.3, -0.25) is 9.59 Å². The van der Waals surface area contributed by atoms with Crippen molar-refractivity contribution < 1.29 is 4.74 Å². The summed E-state index contributed by atoms with van der Waals surface area (Å²) in [5.41, 5.74) is 0.458. The quantitative estimate of drug-likeness (QED) is 0.493. The standard InChI is InChI=1S/C24H26ClN3O3/c25-18-6-8-19(9-7-18)27-22-21(23(29)24(22)30)26-12-15-28-13-10-17(11-14-28)16-31-20-4-2-1-3-5-20/h1-9,17,26-27H,10-16H2. The Morgan fingerprint density at radius 2 is 1.61 bits per heavy atom. The first-order valence-electron chi connectivity index (χ1n) is 10.6. The lowest BCUT2D eigenvalue weighted by molar-refractivity contribution is 0.144. The molecule has 6 nitrogen and oxygen atoms in total. The second-order valence-electron chi connectivity index (χ2n) is 7.88. The summed E-state index contributed by atoms with van der Waals surface area (Å²) in [5, 5.41) is 6.77. The molecule has 0 bridgehead atoms. The highest BCUT2D eigenvalue weighted by Gasteiger charge is 2.22. The molecule has 3 aromatic rings. The zero-order chi connectivity index (χ0) is 21.6. The lowest BCUT2D eigenvalue weighted by Crippen LogP contribution is -2.40. The highest BCUT2D eigenvalue weighted by atomic mass is 35.5. The number of halogens is 1. The van der Waals surface area contributed by atoms with Gasteiger partial charge in [-0.1, -0.05) is 29.8 Å². The van der Waals surface area contributed by atoms with Gasteiger partial charge in [-0.2, -0.15) is 0 Å². The highest BCUT2D eigenvalue weighted by Crippen LogP contribution is 2.22. The molecule has 0 aromatic heterocycles. The molecule has 0 radical (unpaired) electrons. The monoisotopic (exact) mass is 439 g/mol. The van der Waals surface area contributed by atoms with Crippen molar-refractivity contribution >= 4 is 28.7 Å². The first kappa shape index (κ1) is 21.4. The van der Waals surface area contributed by atoms with Crippen LogP contribution in [0.1, 0.15) is 12.8 Å². The molecule has 0 amide bonds. The number of nitrogens with one attached hydrogen (secondary N) is 2. The third kappa shape index (κ3) is 5.46. The Balaban J connectivity index is 1.20. The van der Waals surface area contributed by atoms with Crippen LogP contribution >= 0.6 is 11.6 Å². The number of hydrogen-bond donors (Lipinski definition) is 2. The van der Waals surface area contributed by atoms with Gasteiger partial charge in [0, 0.05) is 23.8 Å². The average molecular weight is 440 g/mol. The molecular formula is C24H26ClN3O3. The van der Waals surface area contributed by atoms with Gasteiger partial charge in [0.2, 0.25) is 0 Å². The molecular weight excluding hydrogens is 414 g/mol. The highest BCUT2D eigenvalue weighted by molar-refractivity contribution is 6.30. The average Bonchev–Trinajstić information content (AvgIpc) is 2.81. The third-order valence-corrected chi connectivity index (χ3v) is 5.94. The van der Waals surface area contributed by atoms with Crippen molar-refractivity contribution in [2.45, 2.75) is 12.8 Å². The second kappa shape index (κ2) is 9.98. The summed E-state index contributed by atoms with van der Waals surface area (Å²) >= 11 is 5.89. The predicted molar refractivity (Wildman–Crippen MR) is 126 cm³/mol. The zero-order valence-electron chi connectivity index (χ0n) is 17.3. The first-order valence-corrected chi connectivity index (χ1v) is 11.0. The fourth-order valence-electron chi connectivity index (χ4n) is 3.80. The maximum atomic E-state index is 12.0. The summed E-state index contributed by atoms with van der Waals surface area (Å²) in [5.74, 6) is 1.48. The SMILES string of the molecule is O=c1c(NCCN2CCC(COc3ccccc3)CC2)c(Nc2ccc(Cl)cc2)c1=O. The molecule has 2 N–H and O–H groups in total. The Morgan fingerprint density at radius 1 is 0.935 bits per heavy atom. The number of rotatable bonds is 9. The van der Waals surface area contributed by atoms with Gasteiger partial charge in [0.1, 0.15) is 17.1 Å². The largest absolute Gasteiger partial charge is 0.493 e. The van der Waals surface area contributed by atoms with E-state index >= 15 is 0 Å². The second-order valence-corrected chi connectivity index (χ2v) is 8.31. The third-order valence-electron chi connectivity index (χ3n) is 5.69. The van der Waals surface area contributed by atoms with Gasteiger partial charge in [-0.05, 0) is 68.2 Å². The zero-order valence-corrected chi connectivity index (χ0v) is 18.0. The van der Waals surface area contributed by atoms with Gasteiger partial charge < -0.3 is 20.3 Å². The van der Waals surface area contributed by atoms with Crippen LogP contribution in [0, 0.1) is 5.92 Å². The van der Waals surface area contributed by atoms with Crippen LogP contribution in [0.15, 0.2) is 64.2 Å². The number of piperidine rings is 1. The summed E-state index contributed by atoms with van der Waals surface area (Å²) in [4.78, 5) is 26.3. The van der Waals surface area contributed by atoms with Crippen LogP contribution in [-0.2, 0) is 0 Å². The van der Waals surface area contributed by atoms with Gasteiger partial charge in [0.05, 0.1) is 6.61 Å². The van der Waals surface area contributed by atoms with Crippen molar-refractivity contribution in [3.63, 3.8) is 0 Å².